The van der Waals surface area contributed by atoms with Gasteiger partial charge in [-0.15, -0.1) is 0 Å². The summed E-state index contributed by atoms with van der Waals surface area (Å²) in [7, 11) is -1.95. The lowest BCUT2D eigenvalue weighted by atomic mass is 9.45. The summed E-state index contributed by atoms with van der Waals surface area (Å²) in [6.07, 6.45) is 7.15. The van der Waals surface area contributed by atoms with Gasteiger partial charge in [0.25, 0.3) is 0 Å². The van der Waals surface area contributed by atoms with E-state index in [0.29, 0.717) is 17.5 Å². The van der Waals surface area contributed by atoms with Crippen LogP contribution < -0.4 is 9.46 Å². The Bertz CT molecular complexity index is 1320. The second kappa shape index (κ2) is 8.65. The number of nitrogens with one attached hydrogen (secondary N) is 1. The van der Waals surface area contributed by atoms with Gasteiger partial charge in [-0.3, -0.25) is 4.90 Å². The number of hydrogen-bond acceptors (Lipinski definition) is 5. The fourth-order valence-corrected chi connectivity index (χ4v) is 10.0. The van der Waals surface area contributed by atoms with Crippen molar-refractivity contribution in [3.63, 3.8) is 0 Å². The maximum Gasteiger partial charge on any atom is 0.241 e. The van der Waals surface area contributed by atoms with E-state index >= 15 is 0 Å². The molecule has 2 aromatic rings. The van der Waals surface area contributed by atoms with Gasteiger partial charge in [0.2, 0.25) is 10.0 Å². The number of sulfonamides is 1. The maximum absolute atomic E-state index is 13.6. The molecule has 4 atom stereocenters. The predicted octanol–water partition coefficient (Wildman–Crippen LogP) is 4.58. The van der Waals surface area contributed by atoms with Crippen LogP contribution in [-0.4, -0.2) is 57.3 Å². The highest BCUT2D eigenvalue weighted by molar-refractivity contribution is 14.1. The van der Waals surface area contributed by atoms with Gasteiger partial charge < -0.3 is 9.47 Å². The number of hydrogen-bond donors (Lipinski definition) is 1. The van der Waals surface area contributed by atoms with Crippen LogP contribution in [0.1, 0.15) is 55.2 Å². The van der Waals surface area contributed by atoms with E-state index in [1.807, 2.05) is 12.1 Å². The number of ether oxygens (including phenoxy) is 2. The number of methoxy groups -OCH3 is 1. The standard InChI is InChI=1S/C29H35IN2O4S/c1-35-23-7-6-22-14-26-29-11-10-27(19-36-29,31-37(33,34)24-8-4-20(16-30)5-9-24)18-28(29,25(22)15-23)12-13-32(26)17-21-2-3-21/h4-9,15,21,26,31H,2-3,10-14,16-19H2,1H3/t26-,27+,28-,29-/m1/s1. The van der Waals surface area contributed by atoms with Crippen LogP contribution in [-0.2, 0) is 31.0 Å². The minimum atomic E-state index is -3.68. The molecule has 6 nitrogen and oxygen atoms in total. The number of halogens is 1. The van der Waals surface area contributed by atoms with E-state index in [2.05, 4.69) is 50.4 Å². The number of alkyl halides is 1. The largest absolute Gasteiger partial charge is 0.497 e. The molecule has 5 fully saturated rings. The quantitative estimate of drug-likeness (QED) is 0.357. The second-order valence-corrected chi connectivity index (χ2v) is 14.5. The highest BCUT2D eigenvalue weighted by Crippen LogP contribution is 2.65. The normalized spacial score (nSPS) is 34.6. The van der Waals surface area contributed by atoms with Crippen LogP contribution in [0.3, 0.4) is 0 Å². The molecule has 3 saturated heterocycles. The van der Waals surface area contributed by atoms with Crippen LogP contribution in [0.4, 0.5) is 0 Å². The smallest absolute Gasteiger partial charge is 0.241 e. The number of nitrogens with zero attached hydrogens (tertiary/aromatic N) is 1. The molecular formula is C29H35IN2O4S. The Hall–Kier alpha value is -1.20. The van der Waals surface area contributed by atoms with Gasteiger partial charge in [0, 0.05) is 22.4 Å². The average molecular weight is 635 g/mol. The molecule has 198 valence electrons. The van der Waals surface area contributed by atoms with Crippen molar-refractivity contribution in [1.82, 2.24) is 9.62 Å². The van der Waals surface area contributed by atoms with Gasteiger partial charge in [-0.1, -0.05) is 40.8 Å². The average Bonchev–Trinajstić information content (AvgIpc) is 3.73. The van der Waals surface area contributed by atoms with Gasteiger partial charge in [0.15, 0.2) is 0 Å². The van der Waals surface area contributed by atoms with Crippen LogP contribution in [0.15, 0.2) is 47.4 Å². The van der Waals surface area contributed by atoms with E-state index in [4.69, 9.17) is 9.47 Å². The fourth-order valence-electron chi connectivity index (χ4n) is 8.08. The van der Waals surface area contributed by atoms with Crippen molar-refractivity contribution in [3.8, 4) is 5.75 Å². The van der Waals surface area contributed by atoms with Gasteiger partial charge in [-0.25, -0.2) is 13.1 Å². The fraction of sp³-hybridized carbons (Fsp3) is 0.586. The first kappa shape index (κ1) is 24.8. The second-order valence-electron chi connectivity index (χ2n) is 12.0. The summed E-state index contributed by atoms with van der Waals surface area (Å²) in [5.74, 6) is 1.70. The molecule has 2 aromatic carbocycles. The van der Waals surface area contributed by atoms with Gasteiger partial charge >= 0.3 is 0 Å². The van der Waals surface area contributed by atoms with Crippen LogP contribution in [0.5, 0.6) is 5.75 Å². The monoisotopic (exact) mass is 634 g/mol. The van der Waals surface area contributed by atoms with Crippen molar-refractivity contribution in [1.29, 1.82) is 0 Å². The molecule has 0 aromatic heterocycles. The first-order chi connectivity index (χ1) is 17.8. The summed E-state index contributed by atoms with van der Waals surface area (Å²) in [6.45, 7) is 2.65. The van der Waals surface area contributed by atoms with Crippen LogP contribution in [0, 0.1) is 5.92 Å². The molecule has 3 aliphatic carbocycles. The molecule has 0 unspecified atom stereocenters. The molecule has 0 radical (unpaired) electrons. The predicted molar refractivity (Wildman–Crippen MR) is 151 cm³/mol. The number of likely N-dealkylation sites (tertiary alicyclic amines) is 1. The number of rotatable bonds is 7. The zero-order valence-corrected chi connectivity index (χ0v) is 24.3. The highest BCUT2D eigenvalue weighted by atomic mass is 127. The van der Waals surface area contributed by atoms with Crippen molar-refractivity contribution in [2.24, 2.45) is 5.92 Å². The number of fused-ring (bicyclic) bond motifs is 3. The summed E-state index contributed by atoms with van der Waals surface area (Å²) in [4.78, 5) is 3.05. The molecule has 3 aliphatic heterocycles. The SMILES string of the molecule is COc1ccc2c(c1)[C@]13CCN(CC4CC4)[C@H](C2)[C@]12CC[C@@](NS(=O)(=O)c1ccc(CI)cc1)(CO2)C3. The highest BCUT2D eigenvalue weighted by Gasteiger charge is 2.72. The lowest BCUT2D eigenvalue weighted by Crippen LogP contribution is -2.81. The topological polar surface area (TPSA) is 67.9 Å². The van der Waals surface area contributed by atoms with E-state index in [1.165, 1.54) is 30.5 Å². The van der Waals surface area contributed by atoms with Gasteiger partial charge in [-0.05, 0) is 98.4 Å². The van der Waals surface area contributed by atoms with Crippen LogP contribution >= 0.6 is 22.6 Å². The third-order valence-corrected chi connectivity index (χ3v) is 12.5. The Morgan fingerprint density at radius 1 is 1.14 bits per heavy atom. The van der Waals surface area contributed by atoms with Crippen molar-refractivity contribution >= 4 is 32.6 Å². The molecule has 37 heavy (non-hydrogen) atoms. The Balaban J connectivity index is 1.28. The van der Waals surface area contributed by atoms with E-state index in [1.54, 1.807) is 19.2 Å². The zero-order chi connectivity index (χ0) is 25.5. The van der Waals surface area contributed by atoms with Crippen molar-refractivity contribution in [3.05, 3.63) is 59.2 Å². The molecule has 2 saturated carbocycles. The van der Waals surface area contributed by atoms with Crippen LogP contribution in [0.25, 0.3) is 0 Å². The summed E-state index contributed by atoms with van der Waals surface area (Å²) >= 11 is 2.30. The maximum atomic E-state index is 13.6. The first-order valence-corrected chi connectivity index (χ1v) is 16.6. The lowest BCUT2D eigenvalue weighted by Gasteiger charge is -2.71. The molecule has 8 heteroatoms. The van der Waals surface area contributed by atoms with E-state index in [9.17, 15) is 8.42 Å². The Morgan fingerprint density at radius 3 is 2.62 bits per heavy atom. The first-order valence-electron chi connectivity index (χ1n) is 13.6. The van der Waals surface area contributed by atoms with E-state index < -0.39 is 15.6 Å². The van der Waals surface area contributed by atoms with E-state index in [-0.39, 0.29) is 11.0 Å². The number of piperidine rings is 1. The zero-order valence-electron chi connectivity index (χ0n) is 21.3. The molecule has 3 heterocycles. The van der Waals surface area contributed by atoms with Crippen molar-refractivity contribution in [2.45, 2.75) is 76.9 Å². The van der Waals surface area contributed by atoms with Crippen LogP contribution in [0.2, 0.25) is 0 Å². The van der Waals surface area contributed by atoms with Gasteiger partial charge in [0.1, 0.15) is 5.75 Å². The molecule has 6 aliphatic rings. The third-order valence-electron chi connectivity index (χ3n) is 10.0. The van der Waals surface area contributed by atoms with Gasteiger partial charge in [-0.2, -0.15) is 0 Å². The minimum absolute atomic E-state index is 0.218. The van der Waals surface area contributed by atoms with E-state index in [0.717, 1.165) is 60.3 Å². The molecule has 0 amide bonds. The molecular weight excluding hydrogens is 599 g/mol. The summed E-state index contributed by atoms with van der Waals surface area (Å²) in [5.41, 5.74) is 2.72. The Labute approximate surface area is 233 Å². The summed E-state index contributed by atoms with van der Waals surface area (Å²) in [6, 6.07) is 14.2. The Kier molecular flexibility index (Phi) is 5.80. The minimum Gasteiger partial charge on any atom is -0.497 e. The number of benzene rings is 2. The third kappa shape index (κ3) is 3.76. The molecule has 4 bridgehead atoms. The Morgan fingerprint density at radius 2 is 1.95 bits per heavy atom. The summed E-state index contributed by atoms with van der Waals surface area (Å²) in [5, 5.41) is 0. The molecule has 1 N–H and O–H groups in total. The van der Waals surface area contributed by atoms with Crippen molar-refractivity contribution < 1.29 is 17.9 Å². The van der Waals surface area contributed by atoms with Crippen molar-refractivity contribution in [2.75, 3.05) is 26.8 Å². The summed E-state index contributed by atoms with van der Waals surface area (Å²) < 4.78 is 44.0. The van der Waals surface area contributed by atoms with Gasteiger partial charge in [0.05, 0.1) is 29.8 Å². The lowest BCUT2D eigenvalue weighted by molar-refractivity contribution is -0.260. The molecule has 1 spiro atoms. The molecule has 8 rings (SSSR count).